The van der Waals surface area contributed by atoms with Gasteiger partial charge in [0, 0.05) is 19.5 Å². The molecule has 0 radical (unpaired) electrons. The smallest absolute Gasteiger partial charge is 0.232 e. The van der Waals surface area contributed by atoms with Crippen LogP contribution in [-0.2, 0) is 21.2 Å². The lowest BCUT2D eigenvalue weighted by Crippen LogP contribution is -2.19. The number of benzene rings is 1. The van der Waals surface area contributed by atoms with Crippen LogP contribution in [0.1, 0.15) is 36.2 Å². The maximum Gasteiger partial charge on any atom is 0.232 e. The highest BCUT2D eigenvalue weighted by Gasteiger charge is 2.23. The van der Waals surface area contributed by atoms with E-state index >= 15 is 0 Å². The summed E-state index contributed by atoms with van der Waals surface area (Å²) < 4.78 is 54.4. The van der Waals surface area contributed by atoms with Gasteiger partial charge in [0.05, 0.1) is 17.0 Å². The van der Waals surface area contributed by atoms with Gasteiger partial charge in [0.15, 0.2) is 11.6 Å². The number of nitrogens with one attached hydrogen (secondary N) is 2. The Morgan fingerprint density at radius 1 is 1.14 bits per heavy atom. The van der Waals surface area contributed by atoms with Gasteiger partial charge in [0.2, 0.25) is 15.9 Å². The van der Waals surface area contributed by atoms with E-state index in [1.807, 2.05) is 4.72 Å². The predicted molar refractivity (Wildman–Crippen MR) is 101 cm³/mol. The Bertz CT molecular complexity index is 993. The Morgan fingerprint density at radius 3 is 2.43 bits per heavy atom. The molecular formula is C18H19F2N3O4S. The number of anilines is 2. The van der Waals surface area contributed by atoms with Crippen LogP contribution in [0.5, 0.6) is 0 Å². The van der Waals surface area contributed by atoms with Crippen molar-refractivity contribution in [2.75, 3.05) is 15.8 Å². The fourth-order valence-electron chi connectivity index (χ4n) is 2.43. The van der Waals surface area contributed by atoms with Gasteiger partial charge >= 0.3 is 0 Å². The standard InChI is InChI=1S/C18H19F2N3O4S/c1-3-8-28(26,27)23-14-6-5-13(19)17(18(14)20)15(25)9-12-4-7-16(21-10-12)22-11(2)24/h4-7,10,23H,3,8-9H2,1-2H3,(H,21,22,24). The maximum atomic E-state index is 14.6. The summed E-state index contributed by atoms with van der Waals surface area (Å²) in [4.78, 5) is 27.3. The number of Topliss-reactive ketones (excluding diaryl/α,β-unsaturated/α-hetero) is 1. The van der Waals surface area contributed by atoms with Gasteiger partial charge in [0.1, 0.15) is 11.6 Å². The van der Waals surface area contributed by atoms with Crippen LogP contribution in [0.25, 0.3) is 0 Å². The van der Waals surface area contributed by atoms with Crippen molar-refractivity contribution < 1.29 is 26.8 Å². The van der Waals surface area contributed by atoms with E-state index in [0.717, 1.165) is 12.1 Å². The van der Waals surface area contributed by atoms with Gasteiger partial charge in [-0.05, 0) is 30.2 Å². The van der Waals surface area contributed by atoms with Gasteiger partial charge in [-0.3, -0.25) is 14.3 Å². The van der Waals surface area contributed by atoms with Crippen molar-refractivity contribution in [1.29, 1.82) is 0 Å². The van der Waals surface area contributed by atoms with E-state index in [2.05, 4.69) is 10.3 Å². The summed E-state index contributed by atoms with van der Waals surface area (Å²) in [6, 6.07) is 4.70. The first kappa shape index (κ1) is 21.4. The predicted octanol–water partition coefficient (Wildman–Crippen LogP) is 2.90. The average Bonchev–Trinajstić information content (AvgIpc) is 2.59. The van der Waals surface area contributed by atoms with E-state index in [1.165, 1.54) is 25.3 Å². The molecular weight excluding hydrogens is 392 g/mol. The number of halogens is 2. The molecule has 0 aliphatic carbocycles. The summed E-state index contributed by atoms with van der Waals surface area (Å²) in [6.45, 7) is 2.95. The SMILES string of the molecule is CCCS(=O)(=O)Nc1ccc(F)c(C(=O)Cc2ccc(NC(C)=O)nc2)c1F. The van der Waals surface area contributed by atoms with Gasteiger partial charge in [-0.1, -0.05) is 13.0 Å². The molecule has 0 aliphatic rings. The van der Waals surface area contributed by atoms with Crippen molar-refractivity contribution in [3.63, 3.8) is 0 Å². The second-order valence-corrected chi connectivity index (χ2v) is 7.88. The van der Waals surface area contributed by atoms with Crippen molar-refractivity contribution >= 4 is 33.2 Å². The lowest BCUT2D eigenvalue weighted by atomic mass is 10.0. The minimum atomic E-state index is -3.80. The average molecular weight is 411 g/mol. The fraction of sp³-hybridized carbons (Fsp3) is 0.278. The third kappa shape index (κ3) is 5.56. The van der Waals surface area contributed by atoms with Crippen LogP contribution in [0.2, 0.25) is 0 Å². The summed E-state index contributed by atoms with van der Waals surface area (Å²) in [7, 11) is -3.80. The zero-order valence-electron chi connectivity index (χ0n) is 15.3. The third-order valence-electron chi connectivity index (χ3n) is 3.60. The topological polar surface area (TPSA) is 105 Å². The molecule has 0 saturated heterocycles. The first-order valence-corrected chi connectivity index (χ1v) is 10.0. The molecule has 1 amide bonds. The van der Waals surface area contributed by atoms with Crippen LogP contribution in [-0.4, -0.2) is 30.8 Å². The Balaban J connectivity index is 2.25. The molecule has 0 spiro atoms. The third-order valence-corrected chi connectivity index (χ3v) is 5.08. The molecule has 0 saturated carbocycles. The number of pyridine rings is 1. The van der Waals surface area contributed by atoms with E-state index in [9.17, 15) is 26.8 Å². The lowest BCUT2D eigenvalue weighted by Gasteiger charge is -2.11. The summed E-state index contributed by atoms with van der Waals surface area (Å²) in [5.41, 5.74) is -0.949. The number of carbonyl (C=O) groups is 2. The Morgan fingerprint density at radius 2 is 1.86 bits per heavy atom. The van der Waals surface area contributed by atoms with Crippen molar-refractivity contribution in [2.24, 2.45) is 0 Å². The molecule has 2 aromatic rings. The number of hydrogen-bond acceptors (Lipinski definition) is 5. The van der Waals surface area contributed by atoms with Gasteiger partial charge in [-0.25, -0.2) is 22.2 Å². The van der Waals surface area contributed by atoms with Crippen molar-refractivity contribution in [1.82, 2.24) is 4.98 Å². The molecule has 150 valence electrons. The van der Waals surface area contributed by atoms with Crippen LogP contribution >= 0.6 is 0 Å². The first-order chi connectivity index (χ1) is 13.1. The van der Waals surface area contributed by atoms with Crippen LogP contribution in [0, 0.1) is 11.6 Å². The second-order valence-electron chi connectivity index (χ2n) is 6.04. The monoisotopic (exact) mass is 411 g/mol. The molecule has 0 bridgehead atoms. The second kappa shape index (κ2) is 8.87. The number of nitrogens with zero attached hydrogens (tertiary/aromatic N) is 1. The minimum Gasteiger partial charge on any atom is -0.311 e. The number of amides is 1. The molecule has 7 nitrogen and oxygen atoms in total. The summed E-state index contributed by atoms with van der Waals surface area (Å²) in [6.07, 6.45) is 1.25. The minimum absolute atomic E-state index is 0.237. The molecule has 2 rings (SSSR count). The van der Waals surface area contributed by atoms with Crippen molar-refractivity contribution in [3.8, 4) is 0 Å². The van der Waals surface area contributed by atoms with E-state index in [0.29, 0.717) is 12.0 Å². The van der Waals surface area contributed by atoms with Crippen molar-refractivity contribution in [2.45, 2.75) is 26.7 Å². The summed E-state index contributed by atoms with van der Waals surface area (Å²) in [5.74, 6) is -3.52. The van der Waals surface area contributed by atoms with E-state index in [-0.39, 0.29) is 23.9 Å². The normalized spacial score (nSPS) is 11.1. The molecule has 1 aromatic heterocycles. The van der Waals surface area contributed by atoms with Crippen LogP contribution in [0.4, 0.5) is 20.3 Å². The number of rotatable bonds is 8. The van der Waals surface area contributed by atoms with Gasteiger partial charge in [-0.15, -0.1) is 0 Å². The van der Waals surface area contributed by atoms with E-state index < -0.39 is 38.7 Å². The maximum absolute atomic E-state index is 14.6. The zero-order valence-corrected chi connectivity index (χ0v) is 16.1. The molecule has 2 N–H and O–H groups in total. The van der Waals surface area contributed by atoms with Gasteiger partial charge in [0.25, 0.3) is 0 Å². The number of sulfonamides is 1. The number of ketones is 1. The summed E-state index contributed by atoms with van der Waals surface area (Å²) >= 11 is 0. The molecule has 28 heavy (non-hydrogen) atoms. The molecule has 0 atom stereocenters. The van der Waals surface area contributed by atoms with Crippen LogP contribution < -0.4 is 10.0 Å². The Labute approximate surface area is 161 Å². The Kier molecular flexibility index (Phi) is 6.79. The highest BCUT2D eigenvalue weighted by Crippen LogP contribution is 2.24. The number of hydrogen-bond donors (Lipinski definition) is 2. The Hall–Kier alpha value is -2.88. The lowest BCUT2D eigenvalue weighted by molar-refractivity contribution is -0.114. The first-order valence-electron chi connectivity index (χ1n) is 8.37. The number of aromatic nitrogens is 1. The quantitative estimate of drug-likeness (QED) is 0.650. The van der Waals surface area contributed by atoms with Gasteiger partial charge < -0.3 is 5.32 Å². The molecule has 10 heteroatoms. The fourth-order valence-corrected chi connectivity index (χ4v) is 3.56. The van der Waals surface area contributed by atoms with Crippen molar-refractivity contribution in [3.05, 3.63) is 53.2 Å². The molecule has 1 heterocycles. The van der Waals surface area contributed by atoms with Crippen LogP contribution in [0.15, 0.2) is 30.5 Å². The molecule has 0 fully saturated rings. The van der Waals surface area contributed by atoms with E-state index in [4.69, 9.17) is 0 Å². The van der Waals surface area contributed by atoms with Gasteiger partial charge in [-0.2, -0.15) is 0 Å². The molecule has 1 aromatic carbocycles. The van der Waals surface area contributed by atoms with E-state index in [1.54, 1.807) is 6.92 Å². The largest absolute Gasteiger partial charge is 0.311 e. The number of carbonyl (C=O) groups excluding carboxylic acids is 2. The molecule has 0 aliphatic heterocycles. The zero-order chi connectivity index (χ0) is 20.9. The highest BCUT2D eigenvalue weighted by atomic mass is 32.2. The highest BCUT2D eigenvalue weighted by molar-refractivity contribution is 7.92. The summed E-state index contributed by atoms with van der Waals surface area (Å²) in [5, 5.41) is 2.45. The van der Waals surface area contributed by atoms with Crippen LogP contribution in [0.3, 0.4) is 0 Å². The molecule has 0 unspecified atom stereocenters.